The van der Waals surface area contributed by atoms with E-state index in [1.165, 1.54) is 23.0 Å². The summed E-state index contributed by atoms with van der Waals surface area (Å²) in [6.07, 6.45) is 1.39. The summed E-state index contributed by atoms with van der Waals surface area (Å²) in [5, 5.41) is 6.88. The quantitative estimate of drug-likeness (QED) is 0.651. The highest BCUT2D eigenvalue weighted by atomic mass is 35.5. The number of aryl methyl sites for hydroxylation is 2. The van der Waals surface area contributed by atoms with Gasteiger partial charge in [0.15, 0.2) is 0 Å². The molecule has 0 saturated carbocycles. The second kappa shape index (κ2) is 8.25. The Morgan fingerprint density at radius 2 is 1.88 bits per heavy atom. The summed E-state index contributed by atoms with van der Waals surface area (Å²) in [5.41, 5.74) is 6.18. The van der Waals surface area contributed by atoms with Gasteiger partial charge in [-0.05, 0) is 32.0 Å². The van der Waals surface area contributed by atoms with Crippen molar-refractivity contribution in [3.05, 3.63) is 46.5 Å². The van der Waals surface area contributed by atoms with E-state index >= 15 is 0 Å². The Hall–Kier alpha value is -2.94. The maximum absolute atomic E-state index is 11.8. The van der Waals surface area contributed by atoms with Crippen LogP contribution in [-0.4, -0.2) is 39.0 Å². The van der Waals surface area contributed by atoms with Crippen molar-refractivity contribution in [2.24, 2.45) is 0 Å². The summed E-state index contributed by atoms with van der Waals surface area (Å²) in [7, 11) is 0. The molecular weight excluding hydrogens is 348 g/mol. The maximum Gasteiger partial charge on any atom is 0.270 e. The molecule has 0 saturated heterocycles. The molecular formula is C15H17ClN6O3. The van der Waals surface area contributed by atoms with Crippen molar-refractivity contribution in [2.45, 2.75) is 20.4 Å². The number of hydrogen-bond donors (Lipinski definition) is 3. The first-order chi connectivity index (χ1) is 11.8. The largest absolute Gasteiger partial charge is 0.342 e. The molecule has 0 aliphatic rings. The molecule has 0 aliphatic carbocycles. The molecule has 2 aromatic rings. The highest BCUT2D eigenvalue weighted by Crippen LogP contribution is 2.07. The minimum absolute atomic E-state index is 0.0290. The standard InChI is InChI=1S/C15H17ClN6O3/c1-9-5-10(2)22(21-9)8-14(24)20-19-13(23)7-18-15(25)12-6-11(16)3-4-17-12/h3-6H,7-8H2,1-2H3,(H,18,25)(H,19,23)(H,20,24). The zero-order chi connectivity index (χ0) is 18.4. The molecule has 2 heterocycles. The van der Waals surface area contributed by atoms with Gasteiger partial charge in [-0.2, -0.15) is 5.10 Å². The van der Waals surface area contributed by atoms with Crippen molar-refractivity contribution in [1.29, 1.82) is 0 Å². The topological polar surface area (TPSA) is 118 Å². The van der Waals surface area contributed by atoms with E-state index in [4.69, 9.17) is 11.6 Å². The molecule has 0 unspecified atom stereocenters. The number of hydrogen-bond acceptors (Lipinski definition) is 5. The van der Waals surface area contributed by atoms with Gasteiger partial charge in [0.25, 0.3) is 17.7 Å². The van der Waals surface area contributed by atoms with Gasteiger partial charge in [0.2, 0.25) is 0 Å². The molecule has 2 rings (SSSR count). The van der Waals surface area contributed by atoms with E-state index in [0.717, 1.165) is 11.4 Å². The van der Waals surface area contributed by atoms with Gasteiger partial charge in [-0.25, -0.2) is 0 Å². The van der Waals surface area contributed by atoms with Crippen molar-refractivity contribution in [3.8, 4) is 0 Å². The monoisotopic (exact) mass is 364 g/mol. The summed E-state index contributed by atoms with van der Waals surface area (Å²) in [4.78, 5) is 39.1. The highest BCUT2D eigenvalue weighted by Gasteiger charge is 2.11. The molecule has 0 spiro atoms. The summed E-state index contributed by atoms with van der Waals surface area (Å²) < 4.78 is 1.52. The normalized spacial score (nSPS) is 10.2. The molecule has 0 radical (unpaired) electrons. The zero-order valence-electron chi connectivity index (χ0n) is 13.7. The lowest BCUT2D eigenvalue weighted by Crippen LogP contribution is -2.47. The Morgan fingerprint density at radius 1 is 1.16 bits per heavy atom. The zero-order valence-corrected chi connectivity index (χ0v) is 14.4. The second-order valence-electron chi connectivity index (χ2n) is 5.22. The molecule has 9 nitrogen and oxygen atoms in total. The average Bonchev–Trinajstić information content (AvgIpc) is 2.88. The molecule has 2 aromatic heterocycles. The third-order valence-corrected chi connectivity index (χ3v) is 3.34. The number of amides is 3. The number of nitrogens with one attached hydrogen (secondary N) is 3. The predicted molar refractivity (Wildman–Crippen MR) is 89.6 cm³/mol. The third kappa shape index (κ3) is 5.57. The minimum Gasteiger partial charge on any atom is -0.342 e. The van der Waals surface area contributed by atoms with Crippen LogP contribution in [0.2, 0.25) is 5.02 Å². The first-order valence-corrected chi connectivity index (χ1v) is 7.71. The van der Waals surface area contributed by atoms with Crippen LogP contribution in [0.5, 0.6) is 0 Å². The van der Waals surface area contributed by atoms with Crippen LogP contribution in [0.1, 0.15) is 21.9 Å². The Bertz CT molecular complexity index is 804. The van der Waals surface area contributed by atoms with Crippen LogP contribution in [0.3, 0.4) is 0 Å². The van der Waals surface area contributed by atoms with E-state index < -0.39 is 17.7 Å². The fourth-order valence-corrected chi connectivity index (χ4v) is 2.13. The predicted octanol–water partition coefficient (Wildman–Crippen LogP) is 0.126. The maximum atomic E-state index is 11.8. The summed E-state index contributed by atoms with van der Waals surface area (Å²) >= 11 is 5.76. The molecule has 0 fully saturated rings. The van der Waals surface area contributed by atoms with E-state index in [9.17, 15) is 14.4 Å². The van der Waals surface area contributed by atoms with Crippen LogP contribution in [0, 0.1) is 13.8 Å². The molecule has 0 bridgehead atoms. The molecule has 10 heteroatoms. The van der Waals surface area contributed by atoms with Crippen molar-refractivity contribution in [3.63, 3.8) is 0 Å². The Kier molecular flexibility index (Phi) is 6.07. The number of halogens is 1. The number of pyridine rings is 1. The van der Waals surface area contributed by atoms with Crippen LogP contribution < -0.4 is 16.2 Å². The van der Waals surface area contributed by atoms with E-state index in [1.807, 2.05) is 19.9 Å². The van der Waals surface area contributed by atoms with Crippen molar-refractivity contribution < 1.29 is 14.4 Å². The molecule has 0 atom stereocenters. The molecule has 0 aliphatic heterocycles. The summed E-state index contributed by atoms with van der Waals surface area (Å²) in [6, 6.07) is 4.75. The molecule has 0 aromatic carbocycles. The van der Waals surface area contributed by atoms with Crippen LogP contribution in [0.25, 0.3) is 0 Å². The SMILES string of the molecule is Cc1cc(C)n(CC(=O)NNC(=O)CNC(=O)c2cc(Cl)ccn2)n1. The smallest absolute Gasteiger partial charge is 0.270 e. The van der Waals surface area contributed by atoms with Gasteiger partial charge in [-0.15, -0.1) is 0 Å². The van der Waals surface area contributed by atoms with Gasteiger partial charge in [-0.3, -0.25) is 34.9 Å². The van der Waals surface area contributed by atoms with E-state index in [1.54, 1.807) is 0 Å². The van der Waals surface area contributed by atoms with Crippen LogP contribution in [0.15, 0.2) is 24.4 Å². The van der Waals surface area contributed by atoms with E-state index in [0.29, 0.717) is 5.02 Å². The number of carbonyl (C=O) groups is 3. The number of carbonyl (C=O) groups excluding carboxylic acids is 3. The summed E-state index contributed by atoms with van der Waals surface area (Å²) in [6.45, 7) is 3.29. The lowest BCUT2D eigenvalue weighted by Gasteiger charge is -2.09. The highest BCUT2D eigenvalue weighted by molar-refractivity contribution is 6.30. The number of rotatable bonds is 5. The van der Waals surface area contributed by atoms with Gasteiger partial charge < -0.3 is 5.32 Å². The first-order valence-electron chi connectivity index (χ1n) is 7.33. The number of nitrogens with zero attached hydrogens (tertiary/aromatic N) is 3. The molecule has 25 heavy (non-hydrogen) atoms. The fraction of sp³-hybridized carbons (Fsp3) is 0.267. The van der Waals surface area contributed by atoms with Gasteiger partial charge in [0.1, 0.15) is 12.2 Å². The fourth-order valence-electron chi connectivity index (χ4n) is 1.97. The number of aromatic nitrogens is 3. The molecule has 3 amide bonds. The lowest BCUT2D eigenvalue weighted by molar-refractivity contribution is -0.128. The average molecular weight is 365 g/mol. The summed E-state index contributed by atoms with van der Waals surface area (Å²) in [5.74, 6) is -1.58. The van der Waals surface area contributed by atoms with Gasteiger partial charge >= 0.3 is 0 Å². The van der Waals surface area contributed by atoms with Gasteiger partial charge in [0.05, 0.1) is 12.2 Å². The van der Waals surface area contributed by atoms with E-state index in [-0.39, 0.29) is 18.8 Å². The first kappa shape index (κ1) is 18.4. The van der Waals surface area contributed by atoms with Crippen molar-refractivity contribution >= 4 is 29.3 Å². The van der Waals surface area contributed by atoms with Crippen molar-refractivity contribution in [1.82, 2.24) is 30.9 Å². The van der Waals surface area contributed by atoms with Crippen LogP contribution >= 0.6 is 11.6 Å². The Labute approximate surface area is 148 Å². The van der Waals surface area contributed by atoms with E-state index in [2.05, 4.69) is 26.3 Å². The van der Waals surface area contributed by atoms with Crippen LogP contribution in [0.4, 0.5) is 0 Å². The third-order valence-electron chi connectivity index (χ3n) is 3.10. The Morgan fingerprint density at radius 3 is 2.52 bits per heavy atom. The second-order valence-corrected chi connectivity index (χ2v) is 5.66. The molecule has 3 N–H and O–H groups in total. The van der Waals surface area contributed by atoms with Gasteiger partial charge in [-0.1, -0.05) is 11.6 Å². The molecule has 132 valence electrons. The van der Waals surface area contributed by atoms with Crippen LogP contribution in [-0.2, 0) is 16.1 Å². The minimum atomic E-state index is -0.586. The Balaban J connectivity index is 1.74. The number of hydrazine groups is 1. The van der Waals surface area contributed by atoms with Gasteiger partial charge in [0, 0.05) is 16.9 Å². The van der Waals surface area contributed by atoms with Crippen molar-refractivity contribution in [2.75, 3.05) is 6.54 Å². The lowest BCUT2D eigenvalue weighted by atomic mass is 10.3.